The van der Waals surface area contributed by atoms with Crippen molar-refractivity contribution in [1.29, 1.82) is 5.41 Å². The van der Waals surface area contributed by atoms with Crippen LogP contribution in [0, 0.1) is 12.3 Å². The molecule has 0 saturated carbocycles. The van der Waals surface area contributed by atoms with Crippen molar-refractivity contribution in [3.05, 3.63) is 11.6 Å². The van der Waals surface area contributed by atoms with Crippen LogP contribution in [0.4, 0.5) is 0 Å². The number of hydrogen-bond acceptors (Lipinski definition) is 4. The monoisotopic (exact) mass is 227 g/mol. The van der Waals surface area contributed by atoms with Crippen LogP contribution < -0.4 is 11.5 Å². The number of nitrogens with zero attached hydrogens (tertiary/aromatic N) is 4. The Morgan fingerprint density at radius 2 is 2.20 bits per heavy atom. The van der Waals surface area contributed by atoms with E-state index in [4.69, 9.17) is 16.9 Å². The van der Waals surface area contributed by atoms with Crippen molar-refractivity contribution in [1.82, 2.24) is 14.8 Å². The quantitative estimate of drug-likeness (QED) is 0.467. The molecule has 0 atom stereocenters. The molecule has 1 heterocycles. The molecule has 0 amide bonds. The lowest BCUT2D eigenvalue weighted by Crippen LogP contribution is -2.23. The van der Waals surface area contributed by atoms with Crippen molar-refractivity contribution < 1.29 is 0 Å². The maximum Gasteiger partial charge on any atom is 0.193 e. The number of guanidine groups is 1. The summed E-state index contributed by atoms with van der Waals surface area (Å²) in [5.74, 6) is 2.03. The van der Waals surface area contributed by atoms with Gasteiger partial charge in [0.25, 0.3) is 0 Å². The molecule has 0 bridgehead atoms. The maximum absolute atomic E-state index is 7.40. The van der Waals surface area contributed by atoms with Gasteiger partial charge < -0.3 is 16.0 Å². The molecule has 1 rings (SSSR count). The fourth-order valence-electron chi connectivity index (χ4n) is 0.859. The molecular formula is C7H13N7S. The lowest BCUT2D eigenvalue weighted by molar-refractivity contribution is 0.817. The number of nitrogens with one attached hydrogen (secondary N) is 1. The van der Waals surface area contributed by atoms with Crippen LogP contribution in [0.3, 0.4) is 0 Å². The first-order valence-electron chi connectivity index (χ1n) is 4.16. The third kappa shape index (κ3) is 3.24. The van der Waals surface area contributed by atoms with Gasteiger partial charge in [-0.1, -0.05) is 11.8 Å². The van der Waals surface area contributed by atoms with E-state index in [9.17, 15) is 0 Å². The van der Waals surface area contributed by atoms with Gasteiger partial charge in [0.1, 0.15) is 11.6 Å². The summed E-state index contributed by atoms with van der Waals surface area (Å²) in [6, 6.07) is 0. The zero-order chi connectivity index (χ0) is 11.4. The number of hydrogen-bond donors (Lipinski definition) is 3. The number of thioether (sulfide) groups is 1. The second-order valence-electron chi connectivity index (χ2n) is 2.85. The predicted octanol–water partition coefficient (Wildman–Crippen LogP) is -0.435. The molecule has 0 saturated heterocycles. The van der Waals surface area contributed by atoms with E-state index < -0.39 is 0 Å². The molecular weight excluding hydrogens is 214 g/mol. The Balaban J connectivity index is 2.55. The second-order valence-corrected chi connectivity index (χ2v) is 3.82. The highest BCUT2D eigenvalue weighted by Gasteiger charge is 2.06. The van der Waals surface area contributed by atoms with Crippen LogP contribution in [0.2, 0.25) is 0 Å². The van der Waals surface area contributed by atoms with Gasteiger partial charge in [-0.25, -0.2) is 0 Å². The molecule has 0 unspecified atom stereocenters. The summed E-state index contributed by atoms with van der Waals surface area (Å²) in [6.07, 6.45) is 0. The highest BCUT2D eigenvalue weighted by atomic mass is 32.2. The summed E-state index contributed by atoms with van der Waals surface area (Å²) >= 11 is 1.20. The number of nitrogens with two attached hydrogens (primary N) is 2. The summed E-state index contributed by atoms with van der Waals surface area (Å²) in [6.45, 7) is 1.86. The largest absolute Gasteiger partial charge is 0.370 e. The third-order valence-electron chi connectivity index (χ3n) is 1.75. The molecule has 0 aliphatic carbocycles. The standard InChI is InChI=1S/C7H13N7S/c1-4-12-13-5(14(4)2)3-15-7(10)11-6(8)9/h3H2,1-2H3,(H5,8,9,10,11). The predicted molar refractivity (Wildman–Crippen MR) is 60.6 cm³/mol. The van der Waals surface area contributed by atoms with E-state index in [2.05, 4.69) is 15.2 Å². The van der Waals surface area contributed by atoms with Crippen LogP contribution in [-0.2, 0) is 12.8 Å². The highest BCUT2D eigenvalue weighted by Crippen LogP contribution is 2.11. The van der Waals surface area contributed by atoms with Crippen molar-refractivity contribution in [3.8, 4) is 0 Å². The molecule has 1 aromatic rings. The number of rotatable bonds is 2. The van der Waals surface area contributed by atoms with E-state index in [1.807, 2.05) is 18.5 Å². The summed E-state index contributed by atoms with van der Waals surface area (Å²) < 4.78 is 1.86. The fraction of sp³-hybridized carbons (Fsp3) is 0.429. The second kappa shape index (κ2) is 4.78. The lowest BCUT2D eigenvalue weighted by atomic mass is 10.6. The first-order chi connectivity index (χ1) is 7.00. The Bertz CT molecular complexity index is 390. The van der Waals surface area contributed by atoms with Gasteiger partial charge in [-0.15, -0.1) is 10.2 Å². The van der Waals surface area contributed by atoms with E-state index in [0.717, 1.165) is 11.6 Å². The van der Waals surface area contributed by atoms with Crippen molar-refractivity contribution in [2.24, 2.45) is 23.5 Å². The molecule has 7 nitrogen and oxygen atoms in total. The van der Waals surface area contributed by atoms with E-state index in [1.54, 1.807) is 0 Å². The maximum atomic E-state index is 7.40. The number of aryl methyl sites for hydroxylation is 1. The van der Waals surface area contributed by atoms with Gasteiger partial charge in [-0.05, 0) is 6.92 Å². The molecule has 0 aliphatic heterocycles. The Morgan fingerprint density at radius 1 is 1.53 bits per heavy atom. The minimum atomic E-state index is -0.110. The average Bonchev–Trinajstić information content (AvgIpc) is 2.44. The van der Waals surface area contributed by atoms with Crippen LogP contribution in [0.15, 0.2) is 4.99 Å². The van der Waals surface area contributed by atoms with Crippen LogP contribution in [-0.4, -0.2) is 25.9 Å². The van der Waals surface area contributed by atoms with Crippen LogP contribution >= 0.6 is 11.8 Å². The smallest absolute Gasteiger partial charge is 0.193 e. The van der Waals surface area contributed by atoms with E-state index in [-0.39, 0.29) is 11.1 Å². The summed E-state index contributed by atoms with van der Waals surface area (Å²) in [7, 11) is 1.87. The van der Waals surface area contributed by atoms with Crippen LogP contribution in [0.5, 0.6) is 0 Å². The molecule has 5 N–H and O–H groups in total. The van der Waals surface area contributed by atoms with Crippen molar-refractivity contribution in [3.63, 3.8) is 0 Å². The molecule has 1 aromatic heterocycles. The van der Waals surface area contributed by atoms with Gasteiger partial charge in [-0.3, -0.25) is 5.41 Å². The van der Waals surface area contributed by atoms with Crippen molar-refractivity contribution in [2.75, 3.05) is 0 Å². The third-order valence-corrected chi connectivity index (χ3v) is 2.52. The van der Waals surface area contributed by atoms with E-state index in [1.165, 1.54) is 11.8 Å². The zero-order valence-corrected chi connectivity index (χ0v) is 9.38. The van der Waals surface area contributed by atoms with Crippen LogP contribution in [0.1, 0.15) is 11.6 Å². The molecule has 8 heteroatoms. The average molecular weight is 227 g/mol. The molecule has 0 spiro atoms. The van der Waals surface area contributed by atoms with E-state index >= 15 is 0 Å². The molecule has 0 radical (unpaired) electrons. The molecule has 15 heavy (non-hydrogen) atoms. The zero-order valence-electron chi connectivity index (χ0n) is 8.56. The first kappa shape index (κ1) is 11.5. The lowest BCUT2D eigenvalue weighted by Gasteiger charge is -2.00. The Morgan fingerprint density at radius 3 is 2.67 bits per heavy atom. The molecule has 82 valence electrons. The fourth-order valence-corrected chi connectivity index (χ4v) is 1.55. The number of amidine groups is 1. The Labute approximate surface area is 91.5 Å². The van der Waals surface area contributed by atoms with Gasteiger partial charge >= 0.3 is 0 Å². The summed E-state index contributed by atoms with van der Waals surface area (Å²) in [5, 5.41) is 15.3. The number of aliphatic imine (C=N–C) groups is 1. The molecule has 0 aromatic carbocycles. The minimum absolute atomic E-state index is 0.0654. The SMILES string of the molecule is Cc1nnc(CSC(=N)N=C(N)N)n1C. The molecule has 0 aliphatic rings. The minimum Gasteiger partial charge on any atom is -0.370 e. The molecule has 0 fully saturated rings. The van der Waals surface area contributed by atoms with Gasteiger partial charge in [0, 0.05) is 7.05 Å². The summed E-state index contributed by atoms with van der Waals surface area (Å²) in [5.41, 5.74) is 10.3. The van der Waals surface area contributed by atoms with Gasteiger partial charge in [0.2, 0.25) is 0 Å². The van der Waals surface area contributed by atoms with Gasteiger partial charge in [-0.2, -0.15) is 4.99 Å². The Kier molecular flexibility index (Phi) is 3.67. The summed E-state index contributed by atoms with van der Waals surface area (Å²) in [4.78, 5) is 3.59. The van der Waals surface area contributed by atoms with Gasteiger partial charge in [0.15, 0.2) is 11.1 Å². The van der Waals surface area contributed by atoms with Crippen molar-refractivity contribution in [2.45, 2.75) is 12.7 Å². The first-order valence-corrected chi connectivity index (χ1v) is 5.15. The van der Waals surface area contributed by atoms with Gasteiger partial charge in [0.05, 0.1) is 5.75 Å². The van der Waals surface area contributed by atoms with E-state index in [0.29, 0.717) is 5.75 Å². The normalized spacial score (nSPS) is 10.0. The van der Waals surface area contributed by atoms with Crippen LogP contribution in [0.25, 0.3) is 0 Å². The highest BCUT2D eigenvalue weighted by molar-refractivity contribution is 8.13. The number of aromatic nitrogens is 3. The van der Waals surface area contributed by atoms with Crippen molar-refractivity contribution >= 4 is 22.9 Å². The Hall–Kier alpha value is -1.57. The topological polar surface area (TPSA) is 119 Å².